The number of nitrogens with one attached hydrogen (secondary N) is 2. The van der Waals surface area contributed by atoms with Gasteiger partial charge in [-0.3, -0.25) is 4.79 Å². The van der Waals surface area contributed by atoms with Crippen molar-refractivity contribution in [2.75, 3.05) is 13.1 Å². The second kappa shape index (κ2) is 7.48. The number of rotatable bonds is 6. The van der Waals surface area contributed by atoms with E-state index in [-0.39, 0.29) is 5.91 Å². The van der Waals surface area contributed by atoms with Crippen molar-refractivity contribution < 1.29 is 4.79 Å². The third-order valence-corrected chi connectivity index (χ3v) is 5.70. The van der Waals surface area contributed by atoms with Gasteiger partial charge in [0, 0.05) is 30.8 Å². The number of fused-ring (bicyclic) bond motifs is 1. The average molecular weight is 313 g/mol. The lowest BCUT2D eigenvalue weighted by Crippen LogP contribution is -2.32. The third-order valence-electron chi connectivity index (χ3n) is 3.36. The van der Waals surface area contributed by atoms with Crippen molar-refractivity contribution in [1.82, 2.24) is 10.6 Å². The van der Waals surface area contributed by atoms with Crippen LogP contribution in [-0.4, -0.2) is 24.2 Å². The van der Waals surface area contributed by atoms with Gasteiger partial charge in [0.2, 0.25) is 5.91 Å². The van der Waals surface area contributed by atoms with Crippen LogP contribution in [0.25, 0.3) is 0 Å². The summed E-state index contributed by atoms with van der Waals surface area (Å²) in [7, 11) is 0. The van der Waals surface area contributed by atoms with Crippen LogP contribution in [0, 0.1) is 5.92 Å². The van der Waals surface area contributed by atoms with Crippen molar-refractivity contribution in [2.45, 2.75) is 49.1 Å². The van der Waals surface area contributed by atoms with Crippen molar-refractivity contribution in [1.29, 1.82) is 0 Å². The molecule has 0 aliphatic carbocycles. The van der Waals surface area contributed by atoms with Crippen LogP contribution in [-0.2, 0) is 4.79 Å². The molecule has 5 heteroatoms. The second-order valence-corrected chi connectivity index (χ2v) is 8.41. The molecule has 2 N–H and O–H groups in total. The van der Waals surface area contributed by atoms with Crippen LogP contribution in [0.1, 0.15) is 45.2 Å². The molecule has 0 saturated heterocycles. The number of amides is 1. The van der Waals surface area contributed by atoms with Crippen LogP contribution in [0.3, 0.4) is 0 Å². The fourth-order valence-electron chi connectivity index (χ4n) is 2.31. The fraction of sp³-hybridized carbons (Fsp3) is 0.667. The monoisotopic (exact) mass is 312 g/mol. The largest absolute Gasteiger partial charge is 0.356 e. The van der Waals surface area contributed by atoms with Crippen molar-refractivity contribution in [3.63, 3.8) is 0 Å². The van der Waals surface area contributed by atoms with E-state index in [1.807, 2.05) is 23.1 Å². The Hall–Kier alpha value is -0.520. The van der Waals surface area contributed by atoms with E-state index in [4.69, 9.17) is 0 Å². The molecule has 0 bridgehead atoms. The maximum atomic E-state index is 11.7. The van der Waals surface area contributed by atoms with Gasteiger partial charge in [0.1, 0.15) is 0 Å². The maximum absolute atomic E-state index is 11.7. The van der Waals surface area contributed by atoms with E-state index in [2.05, 4.69) is 42.9 Å². The van der Waals surface area contributed by atoms with Crippen molar-refractivity contribution >= 4 is 29.0 Å². The lowest BCUT2D eigenvalue weighted by atomic mass is 10.0. The van der Waals surface area contributed by atoms with Crippen molar-refractivity contribution in [2.24, 2.45) is 5.92 Å². The third kappa shape index (κ3) is 4.50. The Kier molecular flexibility index (Phi) is 5.93. The minimum absolute atomic E-state index is 0.148. The molecule has 2 atom stereocenters. The molecule has 2 rings (SSSR count). The van der Waals surface area contributed by atoms with Crippen LogP contribution in [0.2, 0.25) is 0 Å². The van der Waals surface area contributed by atoms with Crippen LogP contribution < -0.4 is 10.6 Å². The smallest absolute Gasteiger partial charge is 0.221 e. The molecule has 1 aliphatic heterocycles. The second-order valence-electron chi connectivity index (χ2n) is 5.78. The molecule has 1 aromatic heterocycles. The molecule has 0 saturated carbocycles. The van der Waals surface area contributed by atoms with Gasteiger partial charge in [-0.2, -0.15) is 0 Å². The molecule has 3 nitrogen and oxygen atoms in total. The summed E-state index contributed by atoms with van der Waals surface area (Å²) in [6.45, 7) is 8.01. The Bertz CT molecular complexity index is 445. The average Bonchev–Trinajstić information content (AvgIpc) is 2.84. The van der Waals surface area contributed by atoms with Gasteiger partial charge in [0.25, 0.3) is 0 Å². The van der Waals surface area contributed by atoms with Crippen LogP contribution >= 0.6 is 23.1 Å². The maximum Gasteiger partial charge on any atom is 0.221 e. The van der Waals surface area contributed by atoms with E-state index >= 15 is 0 Å². The summed E-state index contributed by atoms with van der Waals surface area (Å²) in [5.74, 6) is 0.659. The standard InChI is InChI=1S/C15H24N2OS2/c1-10(2)9-17-14(18)4-6-16-13-8-11(3)20-15-12(13)5-7-19-15/h5,7,10-11,13,16H,4,6,8-9H2,1-3H3,(H,17,18)/t11-,13?/m0/s1. The van der Waals surface area contributed by atoms with Gasteiger partial charge in [0.15, 0.2) is 0 Å². The minimum Gasteiger partial charge on any atom is -0.356 e. The zero-order chi connectivity index (χ0) is 14.5. The number of thioether (sulfide) groups is 1. The Balaban J connectivity index is 1.76. The molecule has 0 aromatic carbocycles. The lowest BCUT2D eigenvalue weighted by molar-refractivity contribution is -0.121. The molecule has 1 aromatic rings. The van der Waals surface area contributed by atoms with E-state index in [0.717, 1.165) is 19.5 Å². The summed E-state index contributed by atoms with van der Waals surface area (Å²) < 4.78 is 1.44. The van der Waals surface area contributed by atoms with E-state index in [1.54, 1.807) is 0 Å². The lowest BCUT2D eigenvalue weighted by Gasteiger charge is -2.27. The fourth-order valence-corrected chi connectivity index (χ4v) is 4.88. The molecule has 2 heterocycles. The number of carbonyl (C=O) groups excluding carboxylic acids is 1. The van der Waals surface area contributed by atoms with Gasteiger partial charge in [-0.05, 0) is 29.3 Å². The highest BCUT2D eigenvalue weighted by Crippen LogP contribution is 2.43. The van der Waals surface area contributed by atoms with Crippen LogP contribution in [0.15, 0.2) is 15.7 Å². The summed E-state index contributed by atoms with van der Waals surface area (Å²) in [5.41, 5.74) is 1.42. The molecule has 0 fully saturated rings. The van der Waals surface area contributed by atoms with Gasteiger partial charge < -0.3 is 10.6 Å². The number of hydrogen-bond acceptors (Lipinski definition) is 4. The van der Waals surface area contributed by atoms with Gasteiger partial charge in [0.05, 0.1) is 4.21 Å². The first-order chi connectivity index (χ1) is 9.56. The van der Waals surface area contributed by atoms with Gasteiger partial charge in [-0.1, -0.05) is 20.8 Å². The SMILES string of the molecule is CC(C)CNC(=O)CCNC1C[C@H](C)Sc2sccc21. The summed E-state index contributed by atoms with van der Waals surface area (Å²) in [5, 5.41) is 9.32. The van der Waals surface area contributed by atoms with E-state index in [1.165, 1.54) is 9.77 Å². The predicted octanol–water partition coefficient (Wildman–Crippen LogP) is 3.43. The van der Waals surface area contributed by atoms with Gasteiger partial charge >= 0.3 is 0 Å². The summed E-state index contributed by atoms with van der Waals surface area (Å²) >= 11 is 3.80. The Morgan fingerprint density at radius 3 is 3.05 bits per heavy atom. The molecule has 1 unspecified atom stereocenters. The van der Waals surface area contributed by atoms with Gasteiger partial charge in [-0.25, -0.2) is 0 Å². The zero-order valence-electron chi connectivity index (χ0n) is 12.4. The molecule has 20 heavy (non-hydrogen) atoms. The summed E-state index contributed by atoms with van der Waals surface area (Å²) in [6, 6.07) is 2.63. The van der Waals surface area contributed by atoms with E-state index < -0.39 is 0 Å². The summed E-state index contributed by atoms with van der Waals surface area (Å²) in [4.78, 5) is 11.7. The highest BCUT2D eigenvalue weighted by molar-refractivity contribution is 8.01. The Morgan fingerprint density at radius 2 is 2.30 bits per heavy atom. The molecule has 1 aliphatic rings. The van der Waals surface area contributed by atoms with E-state index in [0.29, 0.717) is 23.6 Å². The first kappa shape index (κ1) is 15.9. The Labute approximate surface area is 129 Å². The van der Waals surface area contributed by atoms with Crippen molar-refractivity contribution in [3.8, 4) is 0 Å². The highest BCUT2D eigenvalue weighted by atomic mass is 32.2. The topological polar surface area (TPSA) is 41.1 Å². The molecule has 0 radical (unpaired) electrons. The quantitative estimate of drug-likeness (QED) is 0.845. The normalized spacial score (nSPS) is 21.8. The molecular formula is C15H24N2OS2. The molecule has 1 amide bonds. The first-order valence-electron chi connectivity index (χ1n) is 7.30. The van der Waals surface area contributed by atoms with Crippen molar-refractivity contribution in [3.05, 3.63) is 17.0 Å². The van der Waals surface area contributed by atoms with Crippen LogP contribution in [0.5, 0.6) is 0 Å². The first-order valence-corrected chi connectivity index (χ1v) is 9.06. The minimum atomic E-state index is 0.148. The number of carbonyl (C=O) groups is 1. The highest BCUT2D eigenvalue weighted by Gasteiger charge is 2.25. The zero-order valence-corrected chi connectivity index (χ0v) is 14.1. The number of thiophene rings is 1. The number of hydrogen-bond donors (Lipinski definition) is 2. The molecule has 0 spiro atoms. The molecule has 112 valence electrons. The van der Waals surface area contributed by atoms with Crippen LogP contribution in [0.4, 0.5) is 0 Å². The van der Waals surface area contributed by atoms with E-state index in [9.17, 15) is 4.79 Å². The summed E-state index contributed by atoms with van der Waals surface area (Å²) in [6.07, 6.45) is 1.70. The predicted molar refractivity (Wildman–Crippen MR) is 87.5 cm³/mol. The molecular weight excluding hydrogens is 288 g/mol. The Morgan fingerprint density at radius 1 is 1.50 bits per heavy atom. The van der Waals surface area contributed by atoms with Gasteiger partial charge in [-0.15, -0.1) is 23.1 Å².